The number of nitrogens with one attached hydrogen (secondary N) is 3. The lowest BCUT2D eigenvalue weighted by Gasteiger charge is -2.38. The highest BCUT2D eigenvalue weighted by atomic mass is 32.2. The lowest BCUT2D eigenvalue weighted by Crippen LogP contribution is -2.51. The number of aromatic nitrogens is 5. The number of nitrogens with zero attached hydrogens (tertiary/aromatic N) is 6. The minimum atomic E-state index is -0.958. The molecule has 38 heavy (non-hydrogen) atoms. The van der Waals surface area contributed by atoms with Gasteiger partial charge in [-0.1, -0.05) is 5.21 Å². The summed E-state index contributed by atoms with van der Waals surface area (Å²) in [6.45, 7) is 9.33. The molecule has 202 valence electrons. The molecule has 12 nitrogen and oxygen atoms in total. The number of aryl methyl sites for hydroxylation is 1. The van der Waals surface area contributed by atoms with Crippen molar-refractivity contribution < 1.29 is 14.3 Å². The molecule has 0 spiro atoms. The monoisotopic (exact) mass is 539 g/mol. The van der Waals surface area contributed by atoms with Gasteiger partial charge in [0.2, 0.25) is 0 Å². The molecule has 5 rings (SSSR count). The van der Waals surface area contributed by atoms with Crippen LogP contribution in [0.5, 0.6) is 0 Å². The Morgan fingerprint density at radius 2 is 2.08 bits per heavy atom. The summed E-state index contributed by atoms with van der Waals surface area (Å²) in [6.07, 6.45) is 2.83. The van der Waals surface area contributed by atoms with Crippen LogP contribution in [0.15, 0.2) is 24.4 Å². The van der Waals surface area contributed by atoms with Crippen LogP contribution < -0.4 is 16.1 Å². The number of ether oxygens (including phenoxy) is 1. The van der Waals surface area contributed by atoms with E-state index in [0.717, 1.165) is 33.8 Å². The van der Waals surface area contributed by atoms with Crippen LogP contribution in [0.3, 0.4) is 0 Å². The molecule has 0 fully saturated rings. The maximum absolute atomic E-state index is 13.3. The number of amides is 2. The van der Waals surface area contributed by atoms with E-state index >= 15 is 0 Å². The average Bonchev–Trinajstić information content (AvgIpc) is 3.40. The molecule has 2 aliphatic heterocycles. The zero-order chi connectivity index (χ0) is 27.4. The second-order valence-electron chi connectivity index (χ2n) is 10.9. The fraction of sp³-hybridized carbons (Fsp3) is 0.480. The van der Waals surface area contributed by atoms with Gasteiger partial charge in [0.05, 0.1) is 23.1 Å². The molecule has 13 heteroatoms. The van der Waals surface area contributed by atoms with Gasteiger partial charge < -0.3 is 15.4 Å². The van der Waals surface area contributed by atoms with Gasteiger partial charge in [0.15, 0.2) is 5.82 Å². The Morgan fingerprint density at radius 1 is 1.32 bits per heavy atom. The number of anilines is 1. The summed E-state index contributed by atoms with van der Waals surface area (Å²) in [7, 11) is 3.49. The highest BCUT2D eigenvalue weighted by molar-refractivity contribution is 7.98. The Balaban J connectivity index is 1.66. The SMILES string of the molecule is C[C@@H]1CSCc2cc(c3nnn(C)c3c2)NC2(C)C=C(N(C)C(=O)OC(C)(C)C)c3ncc(n3N2)C(=O)N1. The number of thioether (sulfide) groups is 1. The third-order valence-corrected chi connectivity index (χ3v) is 7.48. The van der Waals surface area contributed by atoms with E-state index in [4.69, 9.17) is 4.74 Å². The number of rotatable bonds is 1. The first-order valence-corrected chi connectivity index (χ1v) is 13.5. The number of fused-ring (bicyclic) bond motifs is 5. The molecular weight excluding hydrogens is 506 g/mol. The summed E-state index contributed by atoms with van der Waals surface area (Å²) in [5.41, 5.74) is 6.05. The molecule has 3 N–H and O–H groups in total. The lowest BCUT2D eigenvalue weighted by atomic mass is 10.1. The van der Waals surface area contributed by atoms with Gasteiger partial charge in [-0.15, -0.1) is 5.10 Å². The van der Waals surface area contributed by atoms with Gasteiger partial charge in [0, 0.05) is 31.6 Å². The Kier molecular flexibility index (Phi) is 6.28. The average molecular weight is 540 g/mol. The molecular formula is C25H33N9O3S. The van der Waals surface area contributed by atoms with E-state index < -0.39 is 17.4 Å². The summed E-state index contributed by atoms with van der Waals surface area (Å²) in [4.78, 5) is 32.3. The Labute approximate surface area is 225 Å². The molecule has 0 saturated heterocycles. The van der Waals surface area contributed by atoms with E-state index in [1.165, 1.54) is 11.1 Å². The largest absolute Gasteiger partial charge is 0.443 e. The first-order chi connectivity index (χ1) is 17.8. The molecule has 3 aromatic rings. The van der Waals surface area contributed by atoms with Crippen LogP contribution in [0.25, 0.3) is 16.7 Å². The maximum atomic E-state index is 13.3. The summed E-state index contributed by atoms with van der Waals surface area (Å²) in [6, 6.07) is 4.08. The second kappa shape index (κ2) is 9.22. The molecule has 1 unspecified atom stereocenters. The highest BCUT2D eigenvalue weighted by Gasteiger charge is 2.37. The van der Waals surface area contributed by atoms with Crippen LogP contribution in [0.2, 0.25) is 0 Å². The maximum Gasteiger partial charge on any atom is 0.414 e. The molecule has 2 amide bonds. The van der Waals surface area contributed by atoms with Crippen molar-refractivity contribution in [3.05, 3.63) is 41.5 Å². The second-order valence-corrected chi connectivity index (χ2v) is 12.0. The minimum Gasteiger partial charge on any atom is -0.443 e. The van der Waals surface area contributed by atoms with Crippen molar-refractivity contribution in [3.8, 4) is 0 Å². The van der Waals surface area contributed by atoms with E-state index in [1.807, 2.05) is 47.7 Å². The summed E-state index contributed by atoms with van der Waals surface area (Å²) < 4.78 is 8.99. The van der Waals surface area contributed by atoms with E-state index in [-0.39, 0.29) is 11.9 Å². The molecule has 2 aliphatic rings. The standard InChI is InChI=1S/C25H33N9O3S/c1-14-12-38-13-15-8-16(20-17(9-15)33(7)31-29-20)28-25(5)10-18(32(6)23(36)37-24(2,3)4)21-26-11-19(22(35)27-14)34(21)30-25/h8-11,14,28,30H,12-13H2,1-7H3,(H,27,35)/t14-,25?/m1/s1. The molecule has 0 radical (unpaired) electrons. The summed E-state index contributed by atoms with van der Waals surface area (Å²) >= 11 is 1.74. The number of carbonyl (C=O) groups excluding carboxylic acids is 2. The number of imidazole rings is 1. The zero-order valence-electron chi connectivity index (χ0n) is 22.6. The predicted octanol–water partition coefficient (Wildman–Crippen LogP) is 3.12. The Bertz CT molecular complexity index is 1450. The van der Waals surface area contributed by atoms with E-state index in [9.17, 15) is 9.59 Å². The zero-order valence-corrected chi connectivity index (χ0v) is 23.4. The highest BCUT2D eigenvalue weighted by Crippen LogP contribution is 2.33. The molecule has 4 heterocycles. The molecule has 1 aromatic carbocycles. The van der Waals surface area contributed by atoms with E-state index in [2.05, 4.69) is 43.5 Å². The number of hydrogen-bond acceptors (Lipinski definition) is 9. The fourth-order valence-electron chi connectivity index (χ4n) is 4.49. The molecule has 2 aromatic heterocycles. The number of carbonyl (C=O) groups is 2. The summed E-state index contributed by atoms with van der Waals surface area (Å²) in [5.74, 6) is 1.63. The van der Waals surface area contributed by atoms with Crippen molar-refractivity contribution in [1.82, 2.24) is 34.9 Å². The summed E-state index contributed by atoms with van der Waals surface area (Å²) in [5, 5.41) is 15.2. The first-order valence-electron chi connectivity index (χ1n) is 12.4. The van der Waals surface area contributed by atoms with Gasteiger partial charge in [-0.25, -0.2) is 19.1 Å². The van der Waals surface area contributed by atoms with E-state index in [0.29, 0.717) is 17.2 Å². The van der Waals surface area contributed by atoms with Gasteiger partial charge in [-0.2, -0.15) is 11.8 Å². The topological polar surface area (TPSA) is 131 Å². The van der Waals surface area contributed by atoms with Crippen molar-refractivity contribution in [1.29, 1.82) is 0 Å². The molecule has 0 saturated carbocycles. The number of benzene rings is 1. The van der Waals surface area contributed by atoms with Crippen molar-refractivity contribution in [2.24, 2.45) is 7.05 Å². The van der Waals surface area contributed by atoms with Gasteiger partial charge >= 0.3 is 6.09 Å². The van der Waals surface area contributed by atoms with Crippen LogP contribution in [0.4, 0.5) is 10.5 Å². The van der Waals surface area contributed by atoms with Crippen LogP contribution in [-0.2, 0) is 17.5 Å². The van der Waals surface area contributed by atoms with Crippen LogP contribution >= 0.6 is 11.8 Å². The van der Waals surface area contributed by atoms with Crippen molar-refractivity contribution >= 4 is 46.2 Å². The quantitative estimate of drug-likeness (QED) is 0.427. The third-order valence-electron chi connectivity index (χ3n) is 6.21. The molecule has 4 bridgehead atoms. The van der Waals surface area contributed by atoms with Gasteiger partial charge in [0.1, 0.15) is 22.5 Å². The normalized spacial score (nSPS) is 21.5. The fourth-order valence-corrected chi connectivity index (χ4v) is 5.45. The van der Waals surface area contributed by atoms with Crippen LogP contribution in [0.1, 0.15) is 56.5 Å². The van der Waals surface area contributed by atoms with Crippen molar-refractivity contribution in [2.75, 3.05) is 23.5 Å². The first kappa shape index (κ1) is 25.9. The van der Waals surface area contributed by atoms with Crippen molar-refractivity contribution in [2.45, 2.75) is 57.7 Å². The minimum absolute atomic E-state index is 0.0734. The van der Waals surface area contributed by atoms with Gasteiger partial charge in [-0.05, 0) is 58.4 Å². The van der Waals surface area contributed by atoms with Crippen LogP contribution in [-0.4, -0.2) is 71.7 Å². The predicted molar refractivity (Wildman–Crippen MR) is 147 cm³/mol. The van der Waals surface area contributed by atoms with Gasteiger partial charge in [-0.3, -0.25) is 15.1 Å². The van der Waals surface area contributed by atoms with Gasteiger partial charge in [0.25, 0.3) is 5.91 Å². The third kappa shape index (κ3) is 4.89. The van der Waals surface area contributed by atoms with Crippen molar-refractivity contribution in [3.63, 3.8) is 0 Å². The molecule has 2 atom stereocenters. The number of hydrogen-bond donors (Lipinski definition) is 3. The lowest BCUT2D eigenvalue weighted by molar-refractivity contribution is 0.0385. The van der Waals surface area contributed by atoms with E-state index in [1.54, 1.807) is 28.2 Å². The smallest absolute Gasteiger partial charge is 0.414 e. The Morgan fingerprint density at radius 3 is 2.82 bits per heavy atom. The Hall–Kier alpha value is -3.74. The van der Waals surface area contributed by atoms with Crippen LogP contribution in [0, 0.1) is 0 Å². The molecule has 0 aliphatic carbocycles.